The maximum absolute atomic E-state index is 5.80. The average molecular weight is 348 g/mol. The molecule has 2 aromatic rings. The van der Waals surface area contributed by atoms with E-state index >= 15 is 0 Å². The molecule has 1 N–H and O–H groups in total. The van der Waals surface area contributed by atoms with Gasteiger partial charge < -0.3 is 10.1 Å². The van der Waals surface area contributed by atoms with Gasteiger partial charge in [-0.3, -0.25) is 0 Å². The van der Waals surface area contributed by atoms with Crippen molar-refractivity contribution in [2.45, 2.75) is 13.5 Å². The zero-order valence-electron chi connectivity index (χ0n) is 9.74. The first-order valence-electron chi connectivity index (χ1n) is 5.45. The lowest BCUT2D eigenvalue weighted by atomic mass is 10.3. The molecule has 1 aromatic carbocycles. The number of hydrogen-bond acceptors (Lipinski definition) is 4. The molecule has 96 valence electrons. The van der Waals surface area contributed by atoms with Crippen LogP contribution < -0.4 is 10.1 Å². The third-order valence-corrected chi connectivity index (χ3v) is 3.83. The highest BCUT2D eigenvalue weighted by atomic mass is 79.9. The predicted octanol–water partition coefficient (Wildman–Crippen LogP) is 4.57. The minimum absolute atomic E-state index is 0.561. The lowest BCUT2D eigenvalue weighted by Crippen LogP contribution is -2.01. The SMILES string of the molecule is CCOc1ccc(Br)cc1NCc1cnc(Cl)s1. The van der Waals surface area contributed by atoms with Gasteiger partial charge in [0.15, 0.2) is 4.47 Å². The Morgan fingerprint density at radius 3 is 3.00 bits per heavy atom. The average Bonchev–Trinajstić information content (AvgIpc) is 2.76. The molecule has 0 saturated heterocycles. The van der Waals surface area contributed by atoms with E-state index in [9.17, 15) is 0 Å². The van der Waals surface area contributed by atoms with Crippen molar-refractivity contribution in [3.05, 3.63) is 38.2 Å². The molecule has 0 spiro atoms. The lowest BCUT2D eigenvalue weighted by Gasteiger charge is -2.12. The summed E-state index contributed by atoms with van der Waals surface area (Å²) in [4.78, 5) is 5.09. The summed E-state index contributed by atoms with van der Waals surface area (Å²) in [6.45, 7) is 3.29. The van der Waals surface area contributed by atoms with Crippen LogP contribution in [0.2, 0.25) is 4.47 Å². The Kier molecular flexibility index (Phi) is 4.86. The van der Waals surface area contributed by atoms with Crippen LogP contribution >= 0.6 is 38.9 Å². The molecular formula is C12H12BrClN2OS. The minimum atomic E-state index is 0.561. The fraction of sp³-hybridized carbons (Fsp3) is 0.250. The van der Waals surface area contributed by atoms with Crippen molar-refractivity contribution >= 4 is 44.6 Å². The molecule has 0 atom stereocenters. The van der Waals surface area contributed by atoms with Gasteiger partial charge in [-0.05, 0) is 25.1 Å². The monoisotopic (exact) mass is 346 g/mol. The fourth-order valence-electron chi connectivity index (χ4n) is 1.47. The first-order valence-corrected chi connectivity index (χ1v) is 7.44. The first-order chi connectivity index (χ1) is 8.69. The summed E-state index contributed by atoms with van der Waals surface area (Å²) < 4.78 is 7.14. The summed E-state index contributed by atoms with van der Waals surface area (Å²) in [5.74, 6) is 0.844. The Balaban J connectivity index is 2.09. The van der Waals surface area contributed by atoms with E-state index < -0.39 is 0 Å². The Labute approximate surface area is 123 Å². The summed E-state index contributed by atoms with van der Waals surface area (Å²) in [7, 11) is 0. The van der Waals surface area contributed by atoms with Gasteiger partial charge in [0.05, 0.1) is 18.8 Å². The Morgan fingerprint density at radius 1 is 1.50 bits per heavy atom. The van der Waals surface area contributed by atoms with Gasteiger partial charge in [-0.15, -0.1) is 11.3 Å². The van der Waals surface area contributed by atoms with Crippen molar-refractivity contribution in [2.75, 3.05) is 11.9 Å². The van der Waals surface area contributed by atoms with E-state index in [4.69, 9.17) is 16.3 Å². The topological polar surface area (TPSA) is 34.1 Å². The van der Waals surface area contributed by atoms with Crippen LogP contribution in [0.25, 0.3) is 0 Å². The first kappa shape index (κ1) is 13.6. The van der Waals surface area contributed by atoms with Crippen molar-refractivity contribution in [1.82, 2.24) is 4.98 Å². The van der Waals surface area contributed by atoms with E-state index in [2.05, 4.69) is 26.2 Å². The van der Waals surface area contributed by atoms with Crippen molar-refractivity contribution in [1.29, 1.82) is 0 Å². The second-order valence-corrected chi connectivity index (χ2v) is 6.12. The summed E-state index contributed by atoms with van der Waals surface area (Å²) in [6.07, 6.45) is 1.78. The summed E-state index contributed by atoms with van der Waals surface area (Å²) in [5.41, 5.74) is 0.954. The molecule has 0 aliphatic carbocycles. The second kappa shape index (κ2) is 6.41. The van der Waals surface area contributed by atoms with Crippen LogP contribution in [0.15, 0.2) is 28.9 Å². The zero-order chi connectivity index (χ0) is 13.0. The van der Waals surface area contributed by atoms with Gasteiger partial charge in [-0.2, -0.15) is 0 Å². The zero-order valence-corrected chi connectivity index (χ0v) is 12.9. The molecule has 0 saturated carbocycles. The van der Waals surface area contributed by atoms with E-state index in [1.165, 1.54) is 11.3 Å². The molecule has 0 fully saturated rings. The van der Waals surface area contributed by atoms with Crippen molar-refractivity contribution in [3.8, 4) is 5.75 Å². The molecule has 0 radical (unpaired) electrons. The third kappa shape index (κ3) is 3.60. The van der Waals surface area contributed by atoms with Gasteiger partial charge in [0.25, 0.3) is 0 Å². The van der Waals surface area contributed by atoms with E-state index in [-0.39, 0.29) is 0 Å². The van der Waals surface area contributed by atoms with Gasteiger partial charge in [-0.25, -0.2) is 4.98 Å². The van der Waals surface area contributed by atoms with Gasteiger partial charge in [-0.1, -0.05) is 27.5 Å². The smallest absolute Gasteiger partial charge is 0.183 e. The Morgan fingerprint density at radius 2 is 2.33 bits per heavy atom. The van der Waals surface area contributed by atoms with Gasteiger partial charge in [0.2, 0.25) is 0 Å². The number of anilines is 1. The maximum Gasteiger partial charge on any atom is 0.183 e. The Bertz CT molecular complexity index is 533. The van der Waals surface area contributed by atoms with Crippen LogP contribution in [0, 0.1) is 0 Å². The predicted molar refractivity (Wildman–Crippen MR) is 79.8 cm³/mol. The Hall–Kier alpha value is -0.780. The number of benzene rings is 1. The quantitative estimate of drug-likeness (QED) is 0.860. The summed E-state index contributed by atoms with van der Waals surface area (Å²) in [5, 5.41) is 3.33. The van der Waals surface area contributed by atoms with Crippen LogP contribution in [-0.4, -0.2) is 11.6 Å². The molecule has 0 bridgehead atoms. The van der Waals surface area contributed by atoms with Crippen LogP contribution in [0.5, 0.6) is 5.75 Å². The van der Waals surface area contributed by atoms with Crippen LogP contribution in [0.1, 0.15) is 11.8 Å². The molecule has 0 aliphatic rings. The molecule has 3 nitrogen and oxygen atoms in total. The number of aromatic nitrogens is 1. The van der Waals surface area contributed by atoms with Crippen LogP contribution in [0.4, 0.5) is 5.69 Å². The normalized spacial score (nSPS) is 10.4. The highest BCUT2D eigenvalue weighted by molar-refractivity contribution is 9.10. The van der Waals surface area contributed by atoms with Gasteiger partial charge in [0, 0.05) is 15.5 Å². The number of ether oxygens (including phenoxy) is 1. The number of hydrogen-bond donors (Lipinski definition) is 1. The molecule has 2 rings (SSSR count). The number of nitrogens with one attached hydrogen (secondary N) is 1. The molecule has 18 heavy (non-hydrogen) atoms. The molecule has 0 unspecified atom stereocenters. The number of rotatable bonds is 5. The molecule has 6 heteroatoms. The van der Waals surface area contributed by atoms with Gasteiger partial charge in [0.1, 0.15) is 5.75 Å². The van der Waals surface area contributed by atoms with Crippen molar-refractivity contribution < 1.29 is 4.74 Å². The summed E-state index contributed by atoms with van der Waals surface area (Å²) in [6, 6.07) is 5.89. The third-order valence-electron chi connectivity index (χ3n) is 2.22. The molecule has 0 amide bonds. The number of halogens is 2. The molecular weight excluding hydrogens is 336 g/mol. The maximum atomic E-state index is 5.80. The highest BCUT2D eigenvalue weighted by Crippen LogP contribution is 2.29. The number of nitrogens with zero attached hydrogens (tertiary/aromatic N) is 1. The minimum Gasteiger partial charge on any atom is -0.492 e. The standard InChI is InChI=1S/C12H12BrClN2OS/c1-2-17-11-4-3-8(13)5-10(11)15-6-9-7-16-12(14)18-9/h3-5,7,15H,2,6H2,1H3. The number of thiazole rings is 1. The molecule has 1 heterocycles. The van der Waals surface area contributed by atoms with Crippen molar-refractivity contribution in [3.63, 3.8) is 0 Å². The summed E-state index contributed by atoms with van der Waals surface area (Å²) >= 11 is 10.7. The van der Waals surface area contributed by atoms with E-state index in [0.717, 1.165) is 20.8 Å². The van der Waals surface area contributed by atoms with Crippen LogP contribution in [-0.2, 0) is 6.54 Å². The molecule has 0 aliphatic heterocycles. The highest BCUT2D eigenvalue weighted by Gasteiger charge is 2.05. The van der Waals surface area contributed by atoms with E-state index in [0.29, 0.717) is 17.6 Å². The lowest BCUT2D eigenvalue weighted by molar-refractivity contribution is 0.341. The van der Waals surface area contributed by atoms with Crippen molar-refractivity contribution in [2.24, 2.45) is 0 Å². The van der Waals surface area contributed by atoms with Gasteiger partial charge >= 0.3 is 0 Å². The molecule has 1 aromatic heterocycles. The fourth-order valence-corrected chi connectivity index (χ4v) is 2.75. The van der Waals surface area contributed by atoms with Crippen LogP contribution in [0.3, 0.4) is 0 Å². The van der Waals surface area contributed by atoms with E-state index in [1.807, 2.05) is 25.1 Å². The van der Waals surface area contributed by atoms with E-state index in [1.54, 1.807) is 6.20 Å². The second-order valence-electron chi connectivity index (χ2n) is 3.51. The largest absolute Gasteiger partial charge is 0.492 e.